The van der Waals surface area contributed by atoms with E-state index in [9.17, 15) is 13.0 Å². The van der Waals surface area contributed by atoms with Crippen LogP contribution in [0.1, 0.15) is 18.4 Å². The van der Waals surface area contributed by atoms with E-state index >= 15 is 0 Å². The molecule has 0 bridgehead atoms. The van der Waals surface area contributed by atoms with Crippen molar-refractivity contribution in [2.45, 2.75) is 12.8 Å². The number of quaternary nitrogens is 1. The molecule has 0 N–H and O–H groups in total. The first-order valence-electron chi connectivity index (χ1n) is 7.09. The van der Waals surface area contributed by atoms with Crippen molar-refractivity contribution < 1.29 is 22.2 Å². The van der Waals surface area contributed by atoms with Crippen LogP contribution < -0.4 is 4.74 Å². The fourth-order valence-electron chi connectivity index (χ4n) is 1.27. The topological polar surface area (TPSA) is 66.4 Å². The summed E-state index contributed by atoms with van der Waals surface area (Å²) in [7, 11) is 4.41. The molecule has 0 aliphatic carbocycles. The first kappa shape index (κ1) is 20.6. The average molecular weight is 329 g/mol. The molecule has 0 amide bonds. The Morgan fingerprint density at radius 1 is 1.14 bits per heavy atom. The average Bonchev–Trinajstić information content (AvgIpc) is 2.36. The van der Waals surface area contributed by atoms with Crippen LogP contribution in [0.5, 0.6) is 5.75 Å². The summed E-state index contributed by atoms with van der Waals surface area (Å²) in [6.45, 7) is 4.05. The van der Waals surface area contributed by atoms with E-state index in [2.05, 4.69) is 34.8 Å². The minimum Gasteiger partial charge on any atom is -0.748 e. The second-order valence-corrected chi connectivity index (χ2v) is 7.80. The Bertz CT molecular complexity index is 524. The smallest absolute Gasteiger partial charge is 0.119 e. The molecule has 0 spiro atoms. The molecule has 0 saturated carbocycles. The van der Waals surface area contributed by atoms with Crippen LogP contribution in [0, 0.1) is 0 Å². The van der Waals surface area contributed by atoms with E-state index in [1.807, 2.05) is 24.3 Å². The van der Waals surface area contributed by atoms with Gasteiger partial charge >= 0.3 is 0 Å². The molecule has 6 heteroatoms. The third-order valence-corrected chi connectivity index (χ3v) is 2.96. The van der Waals surface area contributed by atoms with Crippen molar-refractivity contribution in [1.82, 2.24) is 0 Å². The van der Waals surface area contributed by atoms with E-state index in [4.69, 9.17) is 4.74 Å². The highest BCUT2D eigenvalue weighted by Crippen LogP contribution is 2.13. The van der Waals surface area contributed by atoms with Gasteiger partial charge in [-0.2, -0.15) is 0 Å². The highest BCUT2D eigenvalue weighted by molar-refractivity contribution is 7.85. The maximum absolute atomic E-state index is 10.3. The van der Waals surface area contributed by atoms with Gasteiger partial charge in [0.1, 0.15) is 5.75 Å². The third-order valence-electron chi connectivity index (χ3n) is 2.17. The standard InChI is InChI=1S/C12H16O4S.C4H12N/c1-2-11-5-7-12(8-6-11)16-9-3-4-10-17(13,14)15;1-5(2,3)4/h2,5-8H,1,3-4,9-10H2,(H,13,14,15);1-4H3/q;+1/p-1. The second kappa shape index (κ2) is 9.61. The van der Waals surface area contributed by atoms with Crippen molar-refractivity contribution in [2.75, 3.05) is 40.6 Å². The molecule has 0 saturated heterocycles. The van der Waals surface area contributed by atoms with Crippen LogP contribution in [0.2, 0.25) is 0 Å². The SMILES string of the molecule is C=Cc1ccc(OCCCCS(=O)(=O)[O-])cc1.C[N+](C)(C)C. The number of hydrogen-bond acceptors (Lipinski definition) is 4. The molecule has 0 aliphatic heterocycles. The summed E-state index contributed by atoms with van der Waals surface area (Å²) in [5.41, 5.74) is 1.01. The quantitative estimate of drug-likeness (QED) is 0.437. The lowest BCUT2D eigenvalue weighted by atomic mass is 10.2. The summed E-state index contributed by atoms with van der Waals surface area (Å²) in [5.74, 6) is 0.395. The largest absolute Gasteiger partial charge is 0.748 e. The molecule has 22 heavy (non-hydrogen) atoms. The summed E-state index contributed by atoms with van der Waals surface area (Å²) in [6.07, 6.45) is 2.62. The van der Waals surface area contributed by atoms with Gasteiger partial charge in [0.15, 0.2) is 0 Å². The Kier molecular flexibility index (Phi) is 9.01. The molecule has 1 aromatic carbocycles. The summed E-state index contributed by atoms with van der Waals surface area (Å²) in [4.78, 5) is 0. The normalized spacial score (nSPS) is 11.3. The van der Waals surface area contributed by atoms with Gasteiger partial charge in [0.2, 0.25) is 0 Å². The molecule has 0 atom stereocenters. The van der Waals surface area contributed by atoms with Gasteiger partial charge in [0.05, 0.1) is 44.9 Å². The van der Waals surface area contributed by atoms with Crippen molar-refractivity contribution in [3.63, 3.8) is 0 Å². The lowest BCUT2D eigenvalue weighted by Gasteiger charge is -2.14. The first-order chi connectivity index (χ1) is 10.0. The molecule has 0 aromatic heterocycles. The van der Waals surface area contributed by atoms with Gasteiger partial charge in [0.25, 0.3) is 0 Å². The van der Waals surface area contributed by atoms with Crippen molar-refractivity contribution in [3.05, 3.63) is 36.4 Å². The number of rotatable bonds is 7. The zero-order valence-corrected chi connectivity index (χ0v) is 14.7. The maximum Gasteiger partial charge on any atom is 0.119 e. The monoisotopic (exact) mass is 329 g/mol. The van der Waals surface area contributed by atoms with Crippen LogP contribution >= 0.6 is 0 Å². The van der Waals surface area contributed by atoms with Crippen LogP contribution in [-0.2, 0) is 10.1 Å². The van der Waals surface area contributed by atoms with Crippen LogP contribution in [0.15, 0.2) is 30.8 Å². The van der Waals surface area contributed by atoms with Gasteiger partial charge in [-0.15, -0.1) is 0 Å². The van der Waals surface area contributed by atoms with Crippen LogP contribution in [0.25, 0.3) is 6.08 Å². The van der Waals surface area contributed by atoms with Crippen LogP contribution in [-0.4, -0.2) is 58.0 Å². The number of unbranched alkanes of at least 4 members (excludes halogenated alkanes) is 1. The number of hydrogen-bond donors (Lipinski definition) is 0. The zero-order valence-electron chi connectivity index (χ0n) is 13.9. The Balaban J connectivity index is 0.000000763. The summed E-state index contributed by atoms with van der Waals surface area (Å²) >= 11 is 0. The van der Waals surface area contributed by atoms with E-state index in [1.165, 1.54) is 0 Å². The lowest BCUT2D eigenvalue weighted by Crippen LogP contribution is -2.27. The summed E-state index contributed by atoms with van der Waals surface area (Å²) in [6, 6.07) is 7.40. The third kappa shape index (κ3) is 15.0. The molecule has 0 fully saturated rings. The minimum absolute atomic E-state index is 0.328. The van der Waals surface area contributed by atoms with Gasteiger partial charge < -0.3 is 13.8 Å². The molecule has 0 heterocycles. The van der Waals surface area contributed by atoms with Gasteiger partial charge in [-0.1, -0.05) is 24.8 Å². The Labute approximate surface area is 134 Å². The fraction of sp³-hybridized carbons (Fsp3) is 0.500. The van der Waals surface area contributed by atoms with Gasteiger partial charge in [-0.25, -0.2) is 8.42 Å². The van der Waals surface area contributed by atoms with Gasteiger partial charge in [-0.3, -0.25) is 0 Å². The molecule has 0 unspecified atom stereocenters. The Hall–Kier alpha value is -1.37. The molecular weight excluding hydrogens is 302 g/mol. The fourth-order valence-corrected chi connectivity index (χ4v) is 1.83. The van der Waals surface area contributed by atoms with Crippen molar-refractivity contribution in [2.24, 2.45) is 0 Å². The molecule has 1 rings (SSSR count). The predicted molar refractivity (Wildman–Crippen MR) is 89.8 cm³/mol. The predicted octanol–water partition coefficient (Wildman–Crippen LogP) is 2.36. The molecule has 5 nitrogen and oxygen atoms in total. The van der Waals surface area contributed by atoms with E-state index in [-0.39, 0.29) is 5.75 Å². The molecule has 1 aromatic rings. The molecule has 0 aliphatic rings. The van der Waals surface area contributed by atoms with E-state index < -0.39 is 10.1 Å². The molecule has 126 valence electrons. The summed E-state index contributed by atoms with van der Waals surface area (Å²) < 4.78 is 37.4. The number of ether oxygens (including phenoxy) is 1. The lowest BCUT2D eigenvalue weighted by molar-refractivity contribution is -0.849. The first-order valence-corrected chi connectivity index (χ1v) is 8.67. The van der Waals surface area contributed by atoms with E-state index in [1.54, 1.807) is 6.08 Å². The summed E-state index contributed by atoms with van der Waals surface area (Å²) in [5, 5.41) is 0. The van der Waals surface area contributed by atoms with Crippen LogP contribution in [0.3, 0.4) is 0 Å². The Morgan fingerprint density at radius 3 is 2.05 bits per heavy atom. The van der Waals surface area contributed by atoms with Crippen LogP contribution in [0.4, 0.5) is 0 Å². The highest BCUT2D eigenvalue weighted by atomic mass is 32.2. The molecule has 0 radical (unpaired) electrons. The maximum atomic E-state index is 10.3. The highest BCUT2D eigenvalue weighted by Gasteiger charge is 1.97. The van der Waals surface area contributed by atoms with E-state index in [0.717, 1.165) is 15.8 Å². The van der Waals surface area contributed by atoms with Gasteiger partial charge in [-0.05, 0) is 30.5 Å². The molecular formula is C16H27NO4S. The second-order valence-electron chi connectivity index (χ2n) is 6.27. The number of benzene rings is 1. The number of nitrogens with zero attached hydrogens (tertiary/aromatic N) is 1. The minimum atomic E-state index is -4.09. The zero-order chi connectivity index (χ0) is 17.2. The Morgan fingerprint density at radius 2 is 1.64 bits per heavy atom. The van der Waals surface area contributed by atoms with E-state index in [0.29, 0.717) is 19.4 Å². The van der Waals surface area contributed by atoms with Gasteiger partial charge in [0, 0.05) is 5.75 Å². The van der Waals surface area contributed by atoms with Crippen molar-refractivity contribution >= 4 is 16.2 Å². The van der Waals surface area contributed by atoms with Crippen molar-refractivity contribution in [1.29, 1.82) is 0 Å². The van der Waals surface area contributed by atoms with Crippen molar-refractivity contribution in [3.8, 4) is 5.75 Å².